The monoisotopic (exact) mass is 685 g/mol. The van der Waals surface area contributed by atoms with Crippen LogP contribution in [0.1, 0.15) is 58.1 Å². The van der Waals surface area contributed by atoms with E-state index in [1.54, 1.807) is 0 Å². The minimum absolute atomic E-state index is 0.104. The van der Waals surface area contributed by atoms with Crippen LogP contribution in [-0.2, 0) is 31.7 Å². The number of carbonyl (C=O) groups excluding carboxylic acids is 2. The number of likely N-dealkylation sites (N-methyl/N-ethyl adjacent to an activating group) is 1. The van der Waals surface area contributed by atoms with Gasteiger partial charge in [0.15, 0.2) is 8.32 Å². The third kappa shape index (κ3) is 8.04. The average Bonchev–Trinajstić information content (AvgIpc) is 3.82. The van der Waals surface area contributed by atoms with E-state index in [4.69, 9.17) is 18.6 Å². The van der Waals surface area contributed by atoms with Crippen LogP contribution >= 0.6 is 0 Å². The van der Waals surface area contributed by atoms with Gasteiger partial charge in [-0.25, -0.2) is 4.79 Å². The van der Waals surface area contributed by atoms with Crippen molar-refractivity contribution in [1.82, 2.24) is 4.90 Å². The van der Waals surface area contributed by atoms with Gasteiger partial charge < -0.3 is 24.0 Å². The molecule has 2 N–H and O–H groups in total. The van der Waals surface area contributed by atoms with Gasteiger partial charge in [-0.15, -0.1) is 0 Å². The third-order valence-corrected chi connectivity index (χ3v) is 15.2. The minimum atomic E-state index is -1.93. The number of epoxide rings is 1. The Kier molecular flexibility index (Phi) is 10.2. The van der Waals surface area contributed by atoms with Crippen LogP contribution in [0.2, 0.25) is 18.1 Å². The second-order valence-corrected chi connectivity index (χ2v) is 19.9. The number of piperidine rings is 1. The number of ether oxygens (including phenoxy) is 3. The lowest BCUT2D eigenvalue weighted by Gasteiger charge is -2.37. The molecule has 3 aliphatic heterocycles. The van der Waals surface area contributed by atoms with Gasteiger partial charge in [-0.2, -0.15) is 0 Å². The van der Waals surface area contributed by atoms with Gasteiger partial charge in [0.25, 0.3) is 0 Å². The van der Waals surface area contributed by atoms with E-state index >= 15 is 0 Å². The first-order valence-electron chi connectivity index (χ1n) is 17.6. The van der Waals surface area contributed by atoms with Crippen molar-refractivity contribution in [3.8, 4) is 16.9 Å². The Bertz CT molecular complexity index is 1640. The molecule has 3 fully saturated rings. The van der Waals surface area contributed by atoms with Crippen LogP contribution in [0.4, 0.5) is 16.2 Å². The second kappa shape index (κ2) is 14.3. The van der Waals surface area contributed by atoms with Crippen molar-refractivity contribution < 1.29 is 28.2 Å². The van der Waals surface area contributed by atoms with Crippen molar-refractivity contribution in [3.05, 3.63) is 77.9 Å². The number of fused-ring (bicyclic) bond motifs is 5. The first kappa shape index (κ1) is 35.1. The molecule has 10 heteroatoms. The zero-order chi connectivity index (χ0) is 34.9. The molecule has 0 spiro atoms. The van der Waals surface area contributed by atoms with E-state index in [1.807, 2.05) is 73.7 Å². The fraction of sp³-hybridized carbons (Fsp3) is 0.487. The molecule has 0 aromatic heterocycles. The fourth-order valence-corrected chi connectivity index (χ4v) is 7.75. The first-order valence-corrected chi connectivity index (χ1v) is 20.5. The largest absolute Gasteiger partial charge is 0.493 e. The van der Waals surface area contributed by atoms with Crippen LogP contribution in [0.3, 0.4) is 0 Å². The zero-order valence-electron chi connectivity index (χ0n) is 29.9. The minimum Gasteiger partial charge on any atom is -0.493 e. The summed E-state index contributed by atoms with van der Waals surface area (Å²) in [5.41, 5.74) is 5.13. The van der Waals surface area contributed by atoms with Gasteiger partial charge in [0.2, 0.25) is 5.91 Å². The molecular weight excluding hydrogens is 635 g/mol. The number of morpholine rings is 1. The van der Waals surface area contributed by atoms with E-state index in [-0.39, 0.29) is 35.7 Å². The molecule has 3 heterocycles. The van der Waals surface area contributed by atoms with E-state index < -0.39 is 14.4 Å². The van der Waals surface area contributed by atoms with Gasteiger partial charge in [-0.3, -0.25) is 15.0 Å². The van der Waals surface area contributed by atoms with E-state index in [1.165, 1.54) is 0 Å². The molecule has 3 aromatic rings. The van der Waals surface area contributed by atoms with Crippen molar-refractivity contribution >= 4 is 31.7 Å². The highest BCUT2D eigenvalue weighted by molar-refractivity contribution is 6.74. The topological polar surface area (TPSA) is 102 Å². The molecule has 9 nitrogen and oxygen atoms in total. The summed E-state index contributed by atoms with van der Waals surface area (Å²) in [6.45, 7) is 14.1. The highest BCUT2D eigenvalue weighted by atomic mass is 28.4. The summed E-state index contributed by atoms with van der Waals surface area (Å²) < 4.78 is 24.1. The highest BCUT2D eigenvalue weighted by Crippen LogP contribution is 2.48. The van der Waals surface area contributed by atoms with E-state index in [9.17, 15) is 9.59 Å². The zero-order valence-corrected chi connectivity index (χ0v) is 30.9. The Morgan fingerprint density at radius 1 is 0.959 bits per heavy atom. The van der Waals surface area contributed by atoms with Gasteiger partial charge in [-0.05, 0) is 61.8 Å². The van der Waals surface area contributed by atoms with Gasteiger partial charge in [0, 0.05) is 54.2 Å². The van der Waals surface area contributed by atoms with Gasteiger partial charge in [0.1, 0.15) is 24.1 Å². The molecule has 3 saturated heterocycles. The molecule has 2 amide bonds. The van der Waals surface area contributed by atoms with Crippen molar-refractivity contribution in [3.63, 3.8) is 0 Å². The fourth-order valence-electron chi connectivity index (χ4n) is 6.80. The molecule has 5 atom stereocenters. The van der Waals surface area contributed by atoms with Crippen molar-refractivity contribution in [2.24, 2.45) is 0 Å². The summed E-state index contributed by atoms with van der Waals surface area (Å²) in [7, 11) is 0.209. The van der Waals surface area contributed by atoms with Crippen LogP contribution in [0, 0.1) is 0 Å². The normalized spacial score (nSPS) is 23.0. The number of anilines is 2. The van der Waals surface area contributed by atoms with Crippen LogP contribution in [0.5, 0.6) is 5.75 Å². The number of nitrogens with one attached hydrogen (secondary N) is 2. The molecule has 0 radical (unpaired) electrons. The average molecular weight is 686 g/mol. The number of rotatable bonds is 12. The SMILES string of the molecule is CCOc1cc(NC(=O)CCc2ccc(-c3ccccc3)c(NC(=O)O[C@@H]3C[C@@H]4[C@H]5O[C@H]5[C@H](C3)N4C)c2)ccc1CO[Si](C)(C)C(C)(C)C. The lowest BCUT2D eigenvalue weighted by molar-refractivity contribution is -0.116. The summed E-state index contributed by atoms with van der Waals surface area (Å²) in [6, 6.07) is 22.3. The number of aryl methyl sites for hydroxylation is 1. The Balaban J connectivity index is 1.09. The predicted molar refractivity (Wildman–Crippen MR) is 196 cm³/mol. The first-order chi connectivity index (χ1) is 23.3. The number of hydrogen-bond donors (Lipinski definition) is 2. The molecule has 2 bridgehead atoms. The Labute approximate surface area is 291 Å². The van der Waals surface area contributed by atoms with E-state index in [0.717, 1.165) is 40.8 Å². The van der Waals surface area contributed by atoms with Gasteiger partial charge >= 0.3 is 6.09 Å². The van der Waals surface area contributed by atoms with Crippen molar-refractivity contribution in [1.29, 1.82) is 0 Å². The lowest BCUT2D eigenvalue weighted by atomic mass is 9.99. The van der Waals surface area contributed by atoms with Crippen molar-refractivity contribution in [2.45, 2.75) is 109 Å². The van der Waals surface area contributed by atoms with Gasteiger partial charge in [-0.1, -0.05) is 69.3 Å². The maximum Gasteiger partial charge on any atom is 0.411 e. The van der Waals surface area contributed by atoms with Crippen LogP contribution < -0.4 is 15.4 Å². The Morgan fingerprint density at radius 2 is 1.67 bits per heavy atom. The van der Waals surface area contributed by atoms with Crippen LogP contribution in [0.15, 0.2) is 66.7 Å². The van der Waals surface area contributed by atoms with Crippen LogP contribution in [-0.4, -0.2) is 69.3 Å². The Hall–Kier alpha value is -3.70. The summed E-state index contributed by atoms with van der Waals surface area (Å²) >= 11 is 0. The third-order valence-electron chi connectivity index (χ3n) is 10.7. The molecule has 3 aromatic carbocycles. The van der Waals surface area contributed by atoms with E-state index in [0.29, 0.717) is 43.1 Å². The number of amides is 2. The standard InChI is InChI=1S/C39H51N3O6Si/c1-8-45-34-21-28(17-16-27(34)24-46-49(6,7)39(2,3)4)40-35(43)19-15-25-14-18-30(26-12-10-9-11-13-26)31(20-25)41-38(44)47-29-22-32-36-37(48-36)33(23-29)42(32)5/h9-14,16-18,20-21,29,32-33,36-37H,8,15,19,22-24H2,1-7H3,(H,40,43)(H,41,44)/t29-,32-,33+,36-,37+. The highest BCUT2D eigenvalue weighted by Gasteiger charge is 2.62. The molecule has 3 aliphatic rings. The number of carbonyl (C=O) groups is 2. The summed E-state index contributed by atoms with van der Waals surface area (Å²) in [4.78, 5) is 28.7. The number of hydrogen-bond acceptors (Lipinski definition) is 7. The molecule has 0 aliphatic carbocycles. The summed E-state index contributed by atoms with van der Waals surface area (Å²) in [5.74, 6) is 0.615. The van der Waals surface area contributed by atoms with Crippen molar-refractivity contribution in [2.75, 3.05) is 24.3 Å². The molecule has 0 unspecified atom stereocenters. The predicted octanol–water partition coefficient (Wildman–Crippen LogP) is 8.01. The molecule has 0 saturated carbocycles. The smallest absolute Gasteiger partial charge is 0.411 e. The number of benzene rings is 3. The van der Waals surface area contributed by atoms with Crippen LogP contribution in [0.25, 0.3) is 11.1 Å². The molecule has 6 rings (SSSR count). The lowest BCUT2D eigenvalue weighted by Crippen LogP contribution is -2.48. The molecule has 262 valence electrons. The summed E-state index contributed by atoms with van der Waals surface area (Å²) in [6.07, 6.45) is 2.30. The maximum absolute atomic E-state index is 13.2. The summed E-state index contributed by atoms with van der Waals surface area (Å²) in [5, 5.41) is 6.17. The second-order valence-electron chi connectivity index (χ2n) is 15.1. The van der Waals surface area contributed by atoms with E-state index in [2.05, 4.69) is 56.4 Å². The van der Waals surface area contributed by atoms with Gasteiger partial charge in [0.05, 0.1) is 18.9 Å². The molecule has 49 heavy (non-hydrogen) atoms. The Morgan fingerprint density at radius 3 is 2.35 bits per heavy atom. The molecular formula is C39H51N3O6Si. The quantitative estimate of drug-likeness (QED) is 0.147. The number of nitrogens with zero attached hydrogens (tertiary/aromatic N) is 1. The maximum atomic E-state index is 13.2.